The van der Waals surface area contributed by atoms with Gasteiger partial charge in [-0.1, -0.05) is 18.5 Å². The van der Waals surface area contributed by atoms with E-state index < -0.39 is 6.23 Å². The monoisotopic (exact) mass is 334 g/mol. The van der Waals surface area contributed by atoms with Gasteiger partial charge in [-0.05, 0) is 56.1 Å². The molecule has 6 heteroatoms. The third kappa shape index (κ3) is 2.46. The fraction of sp³-hybridized carbons (Fsp3) is 0.588. The van der Waals surface area contributed by atoms with Crippen molar-refractivity contribution in [3.05, 3.63) is 33.7 Å². The van der Waals surface area contributed by atoms with Gasteiger partial charge in [0.1, 0.15) is 11.0 Å². The second-order valence-electron chi connectivity index (χ2n) is 7.07. The first-order chi connectivity index (χ1) is 11.0. The molecule has 4 N–H and O–H groups in total. The van der Waals surface area contributed by atoms with Crippen LogP contribution in [0.2, 0.25) is 5.15 Å². The molecule has 0 saturated carbocycles. The van der Waals surface area contributed by atoms with Crippen LogP contribution in [0.15, 0.2) is 6.07 Å². The van der Waals surface area contributed by atoms with Gasteiger partial charge >= 0.3 is 0 Å². The summed E-state index contributed by atoms with van der Waals surface area (Å²) < 4.78 is 1.64. The number of hydrogen-bond acceptors (Lipinski definition) is 3. The molecule has 0 saturated heterocycles. The molecule has 2 heterocycles. The fourth-order valence-corrected chi connectivity index (χ4v) is 4.37. The normalized spacial score (nSPS) is 25.0. The van der Waals surface area contributed by atoms with Crippen molar-refractivity contribution in [2.24, 2.45) is 5.92 Å². The van der Waals surface area contributed by atoms with Crippen molar-refractivity contribution >= 4 is 17.4 Å². The molecule has 4 rings (SSSR count). The number of H-pyrrole nitrogens is 1. The number of aliphatic hydroxyl groups excluding tert-OH is 1. The number of nitrogens with two attached hydrogens (primary N) is 1. The molecule has 0 bridgehead atoms. The van der Waals surface area contributed by atoms with Crippen molar-refractivity contribution in [3.8, 4) is 0 Å². The lowest BCUT2D eigenvalue weighted by atomic mass is 9.85. The van der Waals surface area contributed by atoms with E-state index in [1.807, 2.05) is 6.07 Å². The Labute approximate surface area is 140 Å². The van der Waals surface area contributed by atoms with Gasteiger partial charge in [0, 0.05) is 17.2 Å². The number of aromatic nitrogens is 3. The molecule has 2 aliphatic carbocycles. The second-order valence-corrected chi connectivity index (χ2v) is 7.47. The molecule has 0 spiro atoms. The van der Waals surface area contributed by atoms with E-state index in [0.29, 0.717) is 16.9 Å². The van der Waals surface area contributed by atoms with Crippen LogP contribution < -0.4 is 5.73 Å². The van der Waals surface area contributed by atoms with E-state index in [-0.39, 0.29) is 5.92 Å². The molecule has 0 fully saturated rings. The van der Waals surface area contributed by atoms with Crippen LogP contribution in [-0.4, -0.2) is 19.9 Å². The Balaban J connectivity index is 1.69. The number of nitrogen functional groups attached to an aromatic ring is 1. The lowest BCUT2D eigenvalue weighted by Gasteiger charge is -2.27. The van der Waals surface area contributed by atoms with E-state index in [1.165, 1.54) is 0 Å². The molecule has 0 aliphatic heterocycles. The van der Waals surface area contributed by atoms with Crippen LogP contribution in [0, 0.1) is 5.92 Å². The number of nitrogens with zero attached hydrogens (tertiary/aromatic N) is 2. The standard InChI is InChI=1S/C17H23ClN4O/c1-9-5-6-14-12(7-9)16(19)22(21-14)17(23)10-3-2-4-13-11(10)8-15(18)20-13/h8-10,17,20,23H,2-7,19H2,1H3. The fourth-order valence-electron chi connectivity index (χ4n) is 4.14. The second kappa shape index (κ2) is 5.56. The Hall–Kier alpha value is -1.46. The third-order valence-electron chi connectivity index (χ3n) is 5.41. The van der Waals surface area contributed by atoms with Gasteiger partial charge in [-0.3, -0.25) is 0 Å². The van der Waals surface area contributed by atoms with Gasteiger partial charge < -0.3 is 15.8 Å². The summed E-state index contributed by atoms with van der Waals surface area (Å²) in [5.41, 5.74) is 10.8. The zero-order valence-electron chi connectivity index (χ0n) is 13.3. The Bertz CT molecular complexity index is 735. The SMILES string of the molecule is CC1CCc2nn(C(O)C3CCCc4[nH]c(Cl)cc43)c(N)c2C1. The molecule has 124 valence electrons. The van der Waals surface area contributed by atoms with Gasteiger partial charge in [-0.2, -0.15) is 5.10 Å². The highest BCUT2D eigenvalue weighted by atomic mass is 35.5. The van der Waals surface area contributed by atoms with Gasteiger partial charge in [0.15, 0.2) is 6.23 Å². The highest BCUT2D eigenvalue weighted by Gasteiger charge is 2.33. The lowest BCUT2D eigenvalue weighted by molar-refractivity contribution is 0.0568. The van der Waals surface area contributed by atoms with Gasteiger partial charge in [0.25, 0.3) is 0 Å². The third-order valence-corrected chi connectivity index (χ3v) is 5.62. The first kappa shape index (κ1) is 15.1. The molecule has 2 aromatic heterocycles. The highest BCUT2D eigenvalue weighted by Crippen LogP contribution is 2.41. The number of fused-ring (bicyclic) bond motifs is 2. The van der Waals surface area contributed by atoms with Crippen LogP contribution in [0.5, 0.6) is 0 Å². The Morgan fingerprint density at radius 1 is 1.43 bits per heavy atom. The Morgan fingerprint density at radius 3 is 3.09 bits per heavy atom. The number of anilines is 1. The number of aliphatic hydroxyl groups is 1. The van der Waals surface area contributed by atoms with Gasteiger partial charge in [-0.15, -0.1) is 0 Å². The first-order valence-corrected chi connectivity index (χ1v) is 8.83. The average molecular weight is 335 g/mol. The maximum Gasteiger partial charge on any atom is 0.156 e. The Kier molecular flexibility index (Phi) is 3.65. The van der Waals surface area contributed by atoms with Gasteiger partial charge in [-0.25, -0.2) is 4.68 Å². The van der Waals surface area contributed by atoms with E-state index in [2.05, 4.69) is 17.0 Å². The number of hydrogen-bond donors (Lipinski definition) is 3. The molecular formula is C17H23ClN4O. The molecule has 5 nitrogen and oxygen atoms in total. The highest BCUT2D eigenvalue weighted by molar-refractivity contribution is 6.29. The van der Waals surface area contributed by atoms with Crippen LogP contribution in [0.25, 0.3) is 0 Å². The van der Waals surface area contributed by atoms with Crippen LogP contribution >= 0.6 is 11.6 Å². The average Bonchev–Trinajstić information content (AvgIpc) is 3.06. The zero-order chi connectivity index (χ0) is 16.1. The molecular weight excluding hydrogens is 312 g/mol. The number of halogens is 1. The van der Waals surface area contributed by atoms with Crippen molar-refractivity contribution in [1.82, 2.24) is 14.8 Å². The molecule has 23 heavy (non-hydrogen) atoms. The molecule has 2 aliphatic rings. The molecule has 3 unspecified atom stereocenters. The number of rotatable bonds is 2. The van der Waals surface area contributed by atoms with Crippen molar-refractivity contribution in [1.29, 1.82) is 0 Å². The largest absolute Gasteiger partial charge is 0.384 e. The summed E-state index contributed by atoms with van der Waals surface area (Å²) in [4.78, 5) is 3.20. The van der Waals surface area contributed by atoms with E-state index in [1.54, 1.807) is 4.68 Å². The topological polar surface area (TPSA) is 79.9 Å². The number of aromatic amines is 1. The van der Waals surface area contributed by atoms with Gasteiger partial charge in [0.2, 0.25) is 0 Å². The van der Waals surface area contributed by atoms with E-state index >= 15 is 0 Å². The molecule has 2 aromatic rings. The summed E-state index contributed by atoms with van der Waals surface area (Å²) >= 11 is 6.11. The molecule has 0 aromatic carbocycles. The summed E-state index contributed by atoms with van der Waals surface area (Å²) in [5, 5.41) is 16.2. The maximum absolute atomic E-state index is 11.0. The van der Waals surface area contributed by atoms with Crippen molar-refractivity contribution in [3.63, 3.8) is 0 Å². The summed E-state index contributed by atoms with van der Waals surface area (Å²) in [7, 11) is 0. The minimum atomic E-state index is -0.734. The zero-order valence-corrected chi connectivity index (χ0v) is 14.1. The van der Waals surface area contributed by atoms with E-state index in [4.69, 9.17) is 17.3 Å². The van der Waals surface area contributed by atoms with Crippen molar-refractivity contribution in [2.75, 3.05) is 5.73 Å². The minimum absolute atomic E-state index is 0.0106. The summed E-state index contributed by atoms with van der Waals surface area (Å²) in [6, 6.07) is 1.94. The molecule has 3 atom stereocenters. The molecule has 0 amide bonds. The summed E-state index contributed by atoms with van der Waals surface area (Å²) in [6.07, 6.45) is 5.24. The van der Waals surface area contributed by atoms with Crippen molar-refractivity contribution in [2.45, 2.75) is 57.6 Å². The summed E-state index contributed by atoms with van der Waals surface area (Å²) in [5.74, 6) is 1.25. The van der Waals surface area contributed by atoms with Crippen LogP contribution in [0.3, 0.4) is 0 Å². The van der Waals surface area contributed by atoms with Crippen molar-refractivity contribution < 1.29 is 5.11 Å². The van der Waals surface area contributed by atoms with E-state index in [0.717, 1.165) is 61.0 Å². The predicted octanol–water partition coefficient (Wildman–Crippen LogP) is 3.18. The molecule has 0 radical (unpaired) electrons. The minimum Gasteiger partial charge on any atom is -0.384 e. The quantitative estimate of drug-likeness (QED) is 0.789. The first-order valence-electron chi connectivity index (χ1n) is 8.45. The predicted molar refractivity (Wildman–Crippen MR) is 90.6 cm³/mol. The van der Waals surface area contributed by atoms with Crippen LogP contribution in [0.4, 0.5) is 5.82 Å². The smallest absolute Gasteiger partial charge is 0.156 e. The lowest BCUT2D eigenvalue weighted by Crippen LogP contribution is -2.23. The van der Waals surface area contributed by atoms with Crippen LogP contribution in [0.1, 0.15) is 60.8 Å². The summed E-state index contributed by atoms with van der Waals surface area (Å²) in [6.45, 7) is 2.24. The van der Waals surface area contributed by atoms with Crippen LogP contribution in [-0.2, 0) is 19.3 Å². The maximum atomic E-state index is 11.0. The number of nitrogens with one attached hydrogen (secondary N) is 1. The van der Waals surface area contributed by atoms with Gasteiger partial charge in [0.05, 0.1) is 5.69 Å². The van der Waals surface area contributed by atoms with E-state index in [9.17, 15) is 5.11 Å². The number of aryl methyl sites for hydroxylation is 2. The Morgan fingerprint density at radius 2 is 2.26 bits per heavy atom.